The van der Waals surface area contributed by atoms with E-state index in [1.165, 1.54) is 4.80 Å². The second-order valence-corrected chi connectivity index (χ2v) is 7.89. The Morgan fingerprint density at radius 3 is 2.79 bits per heavy atom. The Balaban J connectivity index is 1.50. The van der Waals surface area contributed by atoms with Gasteiger partial charge in [-0.25, -0.2) is 0 Å². The van der Waals surface area contributed by atoms with E-state index < -0.39 is 0 Å². The van der Waals surface area contributed by atoms with Gasteiger partial charge in [-0.1, -0.05) is 0 Å². The number of carbonyl (C=O) groups excluding carboxylic acids is 2. The molecule has 1 aromatic heterocycles. The second kappa shape index (κ2) is 9.84. The topological polar surface area (TPSA) is 102 Å². The van der Waals surface area contributed by atoms with E-state index in [1.54, 1.807) is 42.4 Å². The highest BCUT2D eigenvalue weighted by Crippen LogP contribution is 2.32. The number of hydrogen-bond donors (Lipinski definition) is 1. The van der Waals surface area contributed by atoms with Crippen molar-refractivity contribution in [2.24, 2.45) is 0 Å². The molecule has 0 aromatic carbocycles. The Morgan fingerprint density at radius 2 is 2.12 bits per heavy atom. The summed E-state index contributed by atoms with van der Waals surface area (Å²) in [7, 11) is 1.79. The van der Waals surface area contributed by atoms with Crippen LogP contribution in [0.2, 0.25) is 0 Å². The predicted octanol–water partition coefficient (Wildman–Crippen LogP) is -0.621. The first kappa shape index (κ1) is 19.0. The van der Waals surface area contributed by atoms with Gasteiger partial charge in [0.1, 0.15) is 11.1 Å². The van der Waals surface area contributed by atoms with Crippen LogP contribution in [0.5, 0.6) is 0 Å². The SMILES string of the molecule is Cc1nnn(CC(=O)NCCOCCN(C)C(=O)C2SCCS2)n1. The summed E-state index contributed by atoms with van der Waals surface area (Å²) in [6.45, 7) is 3.54. The van der Waals surface area contributed by atoms with Crippen LogP contribution in [0.1, 0.15) is 5.82 Å². The fourth-order valence-corrected chi connectivity index (χ4v) is 4.74. The summed E-state index contributed by atoms with van der Waals surface area (Å²) in [4.78, 5) is 26.7. The number of aryl methyl sites for hydroxylation is 1. The van der Waals surface area contributed by atoms with Crippen molar-refractivity contribution in [1.29, 1.82) is 0 Å². The zero-order valence-corrected chi connectivity index (χ0v) is 15.4. The van der Waals surface area contributed by atoms with Crippen molar-refractivity contribution in [3.05, 3.63) is 5.82 Å². The van der Waals surface area contributed by atoms with Crippen LogP contribution in [0.15, 0.2) is 0 Å². The summed E-state index contributed by atoms with van der Waals surface area (Å²) < 4.78 is 5.48. The van der Waals surface area contributed by atoms with Crippen LogP contribution in [-0.2, 0) is 20.9 Å². The van der Waals surface area contributed by atoms with Crippen molar-refractivity contribution in [3.8, 4) is 0 Å². The third kappa shape index (κ3) is 6.29. The molecule has 11 heteroatoms. The molecule has 0 bridgehead atoms. The van der Waals surface area contributed by atoms with E-state index in [2.05, 4.69) is 20.7 Å². The number of hydrogen-bond acceptors (Lipinski definition) is 8. The Morgan fingerprint density at radius 1 is 1.38 bits per heavy atom. The van der Waals surface area contributed by atoms with Gasteiger partial charge in [0.25, 0.3) is 0 Å². The third-order valence-corrected chi connectivity index (χ3v) is 6.14. The molecule has 0 aliphatic carbocycles. The number of carbonyl (C=O) groups is 2. The number of tetrazole rings is 1. The maximum Gasteiger partial charge on any atom is 0.245 e. The first-order valence-corrected chi connectivity index (χ1v) is 9.73. The summed E-state index contributed by atoms with van der Waals surface area (Å²) in [5, 5.41) is 14.1. The van der Waals surface area contributed by atoms with E-state index in [9.17, 15) is 9.59 Å². The number of nitrogens with one attached hydrogen (secondary N) is 1. The van der Waals surface area contributed by atoms with Gasteiger partial charge in [0.15, 0.2) is 5.82 Å². The number of rotatable bonds is 9. The van der Waals surface area contributed by atoms with Gasteiger partial charge < -0.3 is 15.0 Å². The van der Waals surface area contributed by atoms with Crippen LogP contribution < -0.4 is 5.32 Å². The molecule has 1 aromatic rings. The van der Waals surface area contributed by atoms with E-state index in [0.717, 1.165) is 11.5 Å². The average Bonchev–Trinajstić information content (AvgIpc) is 3.21. The Bertz CT molecular complexity index is 550. The molecule has 0 saturated carbocycles. The van der Waals surface area contributed by atoms with Gasteiger partial charge in [-0.3, -0.25) is 9.59 Å². The highest BCUT2D eigenvalue weighted by molar-refractivity contribution is 8.21. The molecule has 0 unspecified atom stereocenters. The van der Waals surface area contributed by atoms with Gasteiger partial charge in [0, 0.05) is 31.6 Å². The van der Waals surface area contributed by atoms with Crippen molar-refractivity contribution in [2.45, 2.75) is 18.1 Å². The average molecular weight is 374 g/mol. The van der Waals surface area contributed by atoms with Crippen LogP contribution >= 0.6 is 23.5 Å². The molecule has 2 amide bonds. The Labute approximate surface area is 149 Å². The number of aromatic nitrogens is 4. The largest absolute Gasteiger partial charge is 0.378 e. The number of likely N-dealkylation sites (N-methyl/N-ethyl adjacent to an activating group) is 1. The van der Waals surface area contributed by atoms with Crippen LogP contribution in [-0.4, -0.2) is 86.4 Å². The summed E-state index contributed by atoms with van der Waals surface area (Å²) >= 11 is 3.40. The normalized spacial score (nSPS) is 14.8. The van der Waals surface area contributed by atoms with E-state index in [1.807, 2.05) is 0 Å². The lowest BCUT2D eigenvalue weighted by molar-refractivity contribution is -0.128. The number of amides is 2. The quantitative estimate of drug-likeness (QED) is 0.571. The monoisotopic (exact) mass is 374 g/mol. The molecule has 0 spiro atoms. The van der Waals surface area contributed by atoms with E-state index in [4.69, 9.17) is 4.74 Å². The standard InChI is InChI=1S/C13H22N6O3S2/c1-10-15-17-19(16-10)9-11(20)14-3-5-22-6-4-18(2)12(21)13-23-7-8-24-13/h13H,3-9H2,1-2H3,(H,14,20). The number of nitrogens with zero attached hydrogens (tertiary/aromatic N) is 5. The molecular weight excluding hydrogens is 352 g/mol. The first-order valence-electron chi connectivity index (χ1n) is 7.63. The van der Waals surface area contributed by atoms with Crippen molar-refractivity contribution in [2.75, 3.05) is 44.9 Å². The van der Waals surface area contributed by atoms with Gasteiger partial charge in [-0.2, -0.15) is 4.80 Å². The molecule has 1 aliphatic heterocycles. The zero-order valence-electron chi connectivity index (χ0n) is 13.8. The summed E-state index contributed by atoms with van der Waals surface area (Å²) in [5.41, 5.74) is 0. The molecule has 2 rings (SSSR count). The van der Waals surface area contributed by atoms with Crippen LogP contribution in [0, 0.1) is 6.92 Å². The van der Waals surface area contributed by atoms with Gasteiger partial charge in [0.05, 0.1) is 13.2 Å². The van der Waals surface area contributed by atoms with Crippen LogP contribution in [0.25, 0.3) is 0 Å². The predicted molar refractivity (Wildman–Crippen MR) is 92.7 cm³/mol. The molecule has 9 nitrogen and oxygen atoms in total. The van der Waals surface area contributed by atoms with Gasteiger partial charge in [0.2, 0.25) is 11.8 Å². The smallest absolute Gasteiger partial charge is 0.245 e. The molecule has 24 heavy (non-hydrogen) atoms. The van der Waals surface area contributed by atoms with Crippen molar-refractivity contribution in [3.63, 3.8) is 0 Å². The molecule has 134 valence electrons. The Hall–Kier alpha value is -1.33. The van der Waals surface area contributed by atoms with Gasteiger partial charge in [-0.05, 0) is 12.1 Å². The lowest BCUT2D eigenvalue weighted by atomic mass is 10.5. The lowest BCUT2D eigenvalue weighted by Gasteiger charge is -2.20. The maximum absolute atomic E-state index is 12.1. The molecule has 1 aliphatic rings. The van der Waals surface area contributed by atoms with E-state index in [-0.39, 0.29) is 22.9 Å². The van der Waals surface area contributed by atoms with Gasteiger partial charge >= 0.3 is 0 Å². The van der Waals surface area contributed by atoms with Crippen molar-refractivity contribution < 1.29 is 14.3 Å². The molecule has 2 heterocycles. The Kier molecular flexibility index (Phi) is 7.79. The lowest BCUT2D eigenvalue weighted by Crippen LogP contribution is -2.35. The van der Waals surface area contributed by atoms with Crippen LogP contribution in [0.4, 0.5) is 0 Å². The van der Waals surface area contributed by atoms with E-state index in [0.29, 0.717) is 32.1 Å². The fraction of sp³-hybridized carbons (Fsp3) is 0.769. The third-order valence-electron chi connectivity index (χ3n) is 3.18. The number of thioether (sulfide) groups is 2. The van der Waals surface area contributed by atoms with Crippen LogP contribution in [0.3, 0.4) is 0 Å². The first-order chi connectivity index (χ1) is 11.6. The van der Waals surface area contributed by atoms with Gasteiger partial charge in [-0.15, -0.1) is 33.7 Å². The second-order valence-electron chi connectivity index (χ2n) is 5.16. The fourth-order valence-electron chi connectivity index (χ4n) is 1.93. The minimum absolute atomic E-state index is 0.0309. The summed E-state index contributed by atoms with van der Waals surface area (Å²) in [5.74, 6) is 2.55. The highest BCUT2D eigenvalue weighted by Gasteiger charge is 2.26. The number of ether oxygens (including phenoxy) is 1. The van der Waals surface area contributed by atoms with Crippen molar-refractivity contribution >= 4 is 35.3 Å². The summed E-state index contributed by atoms with van der Waals surface area (Å²) in [6, 6.07) is 0. The van der Waals surface area contributed by atoms with E-state index >= 15 is 0 Å². The molecular formula is C13H22N6O3S2. The zero-order chi connectivity index (χ0) is 17.4. The molecule has 1 saturated heterocycles. The molecule has 0 radical (unpaired) electrons. The summed E-state index contributed by atoms with van der Waals surface area (Å²) in [6.07, 6.45) is 0. The minimum Gasteiger partial charge on any atom is -0.378 e. The van der Waals surface area contributed by atoms with Crippen molar-refractivity contribution in [1.82, 2.24) is 30.4 Å². The maximum atomic E-state index is 12.1. The molecule has 1 fully saturated rings. The minimum atomic E-state index is -0.196. The molecule has 1 N–H and O–H groups in total. The molecule has 0 atom stereocenters. The highest BCUT2D eigenvalue weighted by atomic mass is 32.2.